The molecule has 2 rings (SSSR count). The molecule has 0 amide bonds. The van der Waals surface area contributed by atoms with Crippen LogP contribution in [0.1, 0.15) is 16.3 Å². The van der Waals surface area contributed by atoms with Crippen LogP contribution in [0.15, 0.2) is 23.6 Å². The molecule has 0 bridgehead atoms. The van der Waals surface area contributed by atoms with Gasteiger partial charge in [0.1, 0.15) is 5.82 Å². The van der Waals surface area contributed by atoms with Gasteiger partial charge in [0.15, 0.2) is 0 Å². The van der Waals surface area contributed by atoms with Gasteiger partial charge in [0.05, 0.1) is 10.7 Å². The summed E-state index contributed by atoms with van der Waals surface area (Å²) in [4.78, 5) is 4.37. The average molecular weight is 265 g/mol. The van der Waals surface area contributed by atoms with Crippen LogP contribution in [0.25, 0.3) is 0 Å². The first-order chi connectivity index (χ1) is 8.65. The monoisotopic (exact) mass is 265 g/mol. The Labute approximate surface area is 110 Å². The number of anilines is 1. The Morgan fingerprint density at radius 1 is 1.44 bits per heavy atom. The van der Waals surface area contributed by atoms with Crippen molar-refractivity contribution in [2.24, 2.45) is 0 Å². The number of nitrogens with one attached hydrogen (secondary N) is 1. The first-order valence-electron chi connectivity index (χ1n) is 5.81. The van der Waals surface area contributed by atoms with E-state index in [1.54, 1.807) is 23.5 Å². The first-order valence-corrected chi connectivity index (χ1v) is 6.69. The summed E-state index contributed by atoms with van der Waals surface area (Å²) in [6.07, 6.45) is 0.862. The third kappa shape index (κ3) is 3.51. The van der Waals surface area contributed by atoms with Gasteiger partial charge in [0.25, 0.3) is 0 Å². The van der Waals surface area contributed by atoms with Gasteiger partial charge in [0, 0.05) is 36.1 Å². The maximum Gasteiger partial charge on any atom is 0.129 e. The molecule has 0 fully saturated rings. The molecular weight excluding hydrogens is 249 g/mol. The molecule has 0 atom stereocenters. The van der Waals surface area contributed by atoms with Gasteiger partial charge < -0.3 is 11.1 Å². The van der Waals surface area contributed by atoms with Crippen LogP contribution < -0.4 is 11.1 Å². The largest absolute Gasteiger partial charge is 0.399 e. The fourth-order valence-corrected chi connectivity index (χ4v) is 2.32. The lowest BCUT2D eigenvalue weighted by Crippen LogP contribution is -2.17. The van der Waals surface area contributed by atoms with Crippen molar-refractivity contribution in [2.45, 2.75) is 19.9 Å². The van der Waals surface area contributed by atoms with E-state index in [0.717, 1.165) is 23.7 Å². The quantitative estimate of drug-likeness (QED) is 0.645. The smallest absolute Gasteiger partial charge is 0.129 e. The van der Waals surface area contributed by atoms with Crippen molar-refractivity contribution in [1.29, 1.82) is 0 Å². The number of thiazole rings is 1. The summed E-state index contributed by atoms with van der Waals surface area (Å²) in [5.41, 5.74) is 7.67. The Hall–Kier alpha value is -1.46. The number of aryl methyl sites for hydroxylation is 1. The Bertz CT molecular complexity index is 525. The number of benzene rings is 1. The van der Waals surface area contributed by atoms with Gasteiger partial charge in [-0.15, -0.1) is 11.3 Å². The number of aromatic nitrogens is 1. The molecule has 0 radical (unpaired) electrons. The second-order valence-electron chi connectivity index (χ2n) is 4.14. The van der Waals surface area contributed by atoms with Crippen LogP contribution in [0, 0.1) is 12.7 Å². The van der Waals surface area contributed by atoms with Crippen molar-refractivity contribution < 1.29 is 4.39 Å². The molecule has 3 N–H and O–H groups in total. The molecular formula is C13H16FN3S. The molecule has 2 aromatic rings. The van der Waals surface area contributed by atoms with E-state index in [-0.39, 0.29) is 5.82 Å². The summed E-state index contributed by atoms with van der Waals surface area (Å²) in [5, 5.41) is 6.34. The van der Waals surface area contributed by atoms with E-state index in [0.29, 0.717) is 17.8 Å². The highest BCUT2D eigenvalue weighted by Crippen LogP contribution is 2.11. The van der Waals surface area contributed by atoms with E-state index in [1.165, 1.54) is 6.07 Å². The van der Waals surface area contributed by atoms with Crippen molar-refractivity contribution in [1.82, 2.24) is 10.3 Å². The molecule has 0 unspecified atom stereocenters. The van der Waals surface area contributed by atoms with Gasteiger partial charge >= 0.3 is 0 Å². The first kappa shape index (κ1) is 13.0. The standard InChI is InChI=1S/C13H16FN3S/c1-9-17-12(8-18-9)4-5-16-7-10-2-3-11(15)6-13(10)14/h2-3,6,8,16H,4-5,7,15H2,1H3. The topological polar surface area (TPSA) is 50.9 Å². The highest BCUT2D eigenvalue weighted by Gasteiger charge is 2.02. The zero-order valence-electron chi connectivity index (χ0n) is 10.2. The second-order valence-corrected chi connectivity index (χ2v) is 5.20. The van der Waals surface area contributed by atoms with Crippen molar-refractivity contribution in [3.8, 4) is 0 Å². The van der Waals surface area contributed by atoms with E-state index < -0.39 is 0 Å². The number of rotatable bonds is 5. The van der Waals surface area contributed by atoms with Crippen molar-refractivity contribution >= 4 is 17.0 Å². The number of halogens is 1. The summed E-state index contributed by atoms with van der Waals surface area (Å²) in [6, 6.07) is 4.77. The van der Waals surface area contributed by atoms with Crippen LogP contribution in [0.4, 0.5) is 10.1 Å². The van der Waals surface area contributed by atoms with Gasteiger partial charge in [-0.3, -0.25) is 0 Å². The van der Waals surface area contributed by atoms with Crippen molar-refractivity contribution in [3.05, 3.63) is 45.7 Å². The molecule has 1 heterocycles. The SMILES string of the molecule is Cc1nc(CCNCc2ccc(N)cc2F)cs1. The fourth-order valence-electron chi connectivity index (χ4n) is 1.67. The second kappa shape index (κ2) is 5.93. The maximum absolute atomic E-state index is 13.5. The zero-order chi connectivity index (χ0) is 13.0. The Balaban J connectivity index is 1.78. The van der Waals surface area contributed by atoms with E-state index in [4.69, 9.17) is 5.73 Å². The lowest BCUT2D eigenvalue weighted by atomic mass is 10.2. The Kier molecular flexibility index (Phi) is 4.28. The maximum atomic E-state index is 13.5. The summed E-state index contributed by atoms with van der Waals surface area (Å²) < 4.78 is 13.5. The number of hydrogen-bond donors (Lipinski definition) is 2. The number of hydrogen-bond acceptors (Lipinski definition) is 4. The molecule has 0 aliphatic carbocycles. The van der Waals surface area contributed by atoms with Crippen LogP contribution in [0.2, 0.25) is 0 Å². The van der Waals surface area contributed by atoms with Gasteiger partial charge in [0.2, 0.25) is 0 Å². The van der Waals surface area contributed by atoms with E-state index in [2.05, 4.69) is 15.7 Å². The molecule has 0 spiro atoms. The van der Waals surface area contributed by atoms with Crippen LogP contribution in [-0.4, -0.2) is 11.5 Å². The molecule has 0 saturated carbocycles. The van der Waals surface area contributed by atoms with Gasteiger partial charge in [-0.05, 0) is 19.1 Å². The van der Waals surface area contributed by atoms with Crippen LogP contribution in [0.3, 0.4) is 0 Å². The predicted octanol–water partition coefficient (Wildman–Crippen LogP) is 2.51. The van der Waals surface area contributed by atoms with Gasteiger partial charge in [-0.1, -0.05) is 6.07 Å². The van der Waals surface area contributed by atoms with Gasteiger partial charge in [-0.2, -0.15) is 0 Å². The molecule has 96 valence electrons. The summed E-state index contributed by atoms with van der Waals surface area (Å²) in [7, 11) is 0. The van der Waals surface area contributed by atoms with Crippen molar-refractivity contribution in [3.63, 3.8) is 0 Å². The number of nitrogen functional groups attached to an aromatic ring is 1. The summed E-state index contributed by atoms with van der Waals surface area (Å²) in [5.74, 6) is -0.257. The lowest BCUT2D eigenvalue weighted by Gasteiger charge is -2.05. The van der Waals surface area contributed by atoms with Gasteiger partial charge in [-0.25, -0.2) is 9.37 Å². The third-order valence-electron chi connectivity index (χ3n) is 2.62. The van der Waals surface area contributed by atoms with E-state index in [1.807, 2.05) is 6.92 Å². The Morgan fingerprint density at radius 3 is 2.94 bits per heavy atom. The number of nitrogens with two attached hydrogens (primary N) is 1. The van der Waals surface area contributed by atoms with Crippen molar-refractivity contribution in [2.75, 3.05) is 12.3 Å². The van der Waals surface area contributed by atoms with E-state index >= 15 is 0 Å². The van der Waals surface area contributed by atoms with Crippen LogP contribution in [0.5, 0.6) is 0 Å². The third-order valence-corrected chi connectivity index (χ3v) is 3.44. The minimum Gasteiger partial charge on any atom is -0.399 e. The van der Waals surface area contributed by atoms with Crippen LogP contribution >= 0.6 is 11.3 Å². The lowest BCUT2D eigenvalue weighted by molar-refractivity contribution is 0.588. The minimum atomic E-state index is -0.257. The molecule has 0 aliphatic heterocycles. The van der Waals surface area contributed by atoms with E-state index in [9.17, 15) is 4.39 Å². The molecule has 1 aromatic heterocycles. The number of nitrogens with zero attached hydrogens (tertiary/aromatic N) is 1. The molecule has 3 nitrogen and oxygen atoms in total. The fraction of sp³-hybridized carbons (Fsp3) is 0.308. The normalized spacial score (nSPS) is 10.8. The molecule has 18 heavy (non-hydrogen) atoms. The minimum absolute atomic E-state index is 0.257. The molecule has 0 aliphatic rings. The summed E-state index contributed by atoms with van der Waals surface area (Å²) >= 11 is 1.65. The molecule has 0 saturated heterocycles. The molecule has 5 heteroatoms. The highest BCUT2D eigenvalue weighted by molar-refractivity contribution is 7.09. The predicted molar refractivity (Wildman–Crippen MR) is 73.1 cm³/mol. The Morgan fingerprint density at radius 2 is 2.28 bits per heavy atom. The van der Waals surface area contributed by atoms with Crippen LogP contribution in [-0.2, 0) is 13.0 Å². The highest BCUT2D eigenvalue weighted by atomic mass is 32.1. The molecule has 1 aromatic carbocycles. The summed E-state index contributed by atoms with van der Waals surface area (Å²) in [6.45, 7) is 3.29. The average Bonchev–Trinajstić information content (AvgIpc) is 2.73. The zero-order valence-corrected chi connectivity index (χ0v) is 11.1.